The first kappa shape index (κ1) is 28.5. The molecular formula is C31H40N4O4. The van der Waals surface area contributed by atoms with Crippen LogP contribution in [0.15, 0.2) is 54.7 Å². The quantitative estimate of drug-likeness (QED) is 0.432. The summed E-state index contributed by atoms with van der Waals surface area (Å²) < 4.78 is 11.6. The highest BCUT2D eigenvalue weighted by molar-refractivity contribution is 5.97. The molecule has 0 fully saturated rings. The van der Waals surface area contributed by atoms with Gasteiger partial charge in [-0.15, -0.1) is 0 Å². The van der Waals surface area contributed by atoms with Crippen LogP contribution in [0.1, 0.15) is 66.8 Å². The van der Waals surface area contributed by atoms with Crippen molar-refractivity contribution in [2.75, 3.05) is 40.0 Å². The third-order valence-corrected chi connectivity index (χ3v) is 7.09. The number of carbonyl (C=O) groups excluding carboxylic acids is 2. The molecule has 1 aliphatic heterocycles. The molecule has 208 valence electrons. The number of ether oxygens (including phenoxy) is 2. The largest absolute Gasteiger partial charge is 0.491 e. The van der Waals surface area contributed by atoms with Crippen LogP contribution < -0.4 is 4.74 Å². The van der Waals surface area contributed by atoms with Crippen molar-refractivity contribution in [2.24, 2.45) is 5.92 Å². The summed E-state index contributed by atoms with van der Waals surface area (Å²) in [5.41, 5.74) is 2.34. The van der Waals surface area contributed by atoms with E-state index in [-0.39, 0.29) is 24.5 Å². The molecule has 1 aromatic heterocycles. The van der Waals surface area contributed by atoms with Crippen molar-refractivity contribution >= 4 is 22.8 Å². The third-order valence-electron chi connectivity index (χ3n) is 7.09. The Kier molecular flexibility index (Phi) is 10.3. The SMILES string of the molecule is COCCN1CCCCCCN(C(=O)c2cnc3ccccc3n2)[C@@H](CC(C)C)COc2ccccc2C1=O. The van der Waals surface area contributed by atoms with E-state index in [0.29, 0.717) is 54.7 Å². The van der Waals surface area contributed by atoms with E-state index in [0.717, 1.165) is 37.6 Å². The Balaban J connectivity index is 1.64. The number of hydrogen-bond donors (Lipinski definition) is 0. The first-order valence-corrected chi connectivity index (χ1v) is 14.0. The van der Waals surface area contributed by atoms with Gasteiger partial charge >= 0.3 is 0 Å². The second-order valence-electron chi connectivity index (χ2n) is 10.5. The van der Waals surface area contributed by atoms with E-state index < -0.39 is 0 Å². The molecule has 8 nitrogen and oxygen atoms in total. The highest BCUT2D eigenvalue weighted by Crippen LogP contribution is 2.24. The fourth-order valence-corrected chi connectivity index (χ4v) is 5.07. The Bertz CT molecular complexity index is 1250. The fraction of sp³-hybridized carbons (Fsp3) is 0.484. The molecule has 2 heterocycles. The van der Waals surface area contributed by atoms with E-state index in [4.69, 9.17) is 9.47 Å². The van der Waals surface area contributed by atoms with E-state index in [9.17, 15) is 9.59 Å². The van der Waals surface area contributed by atoms with Gasteiger partial charge < -0.3 is 19.3 Å². The number of carbonyl (C=O) groups is 2. The molecule has 1 aliphatic rings. The van der Waals surface area contributed by atoms with Crippen LogP contribution in [0.25, 0.3) is 11.0 Å². The van der Waals surface area contributed by atoms with Crippen LogP contribution in [0.2, 0.25) is 0 Å². The molecule has 0 aliphatic carbocycles. The van der Waals surface area contributed by atoms with Gasteiger partial charge in [0, 0.05) is 26.7 Å². The molecule has 0 saturated heterocycles. The number of para-hydroxylation sites is 3. The Morgan fingerprint density at radius 3 is 2.51 bits per heavy atom. The van der Waals surface area contributed by atoms with Gasteiger partial charge in [-0.1, -0.05) is 51.0 Å². The zero-order valence-corrected chi connectivity index (χ0v) is 23.3. The molecule has 8 heteroatoms. The van der Waals surface area contributed by atoms with Crippen molar-refractivity contribution in [1.29, 1.82) is 0 Å². The smallest absolute Gasteiger partial charge is 0.274 e. The van der Waals surface area contributed by atoms with Crippen molar-refractivity contribution in [1.82, 2.24) is 19.8 Å². The summed E-state index contributed by atoms with van der Waals surface area (Å²) >= 11 is 0. The van der Waals surface area contributed by atoms with Crippen LogP contribution in [-0.4, -0.2) is 77.6 Å². The number of methoxy groups -OCH3 is 1. The molecule has 2 amide bonds. The molecule has 0 bridgehead atoms. The number of aromatic nitrogens is 2. The Morgan fingerprint density at radius 2 is 1.74 bits per heavy atom. The van der Waals surface area contributed by atoms with Crippen molar-refractivity contribution in [3.63, 3.8) is 0 Å². The summed E-state index contributed by atoms with van der Waals surface area (Å²) in [6, 6.07) is 14.8. The average Bonchev–Trinajstić information content (AvgIpc) is 2.95. The minimum absolute atomic E-state index is 0.0560. The summed E-state index contributed by atoms with van der Waals surface area (Å²) in [4.78, 5) is 40.4. The van der Waals surface area contributed by atoms with E-state index in [2.05, 4.69) is 23.8 Å². The van der Waals surface area contributed by atoms with Crippen molar-refractivity contribution in [3.8, 4) is 5.75 Å². The van der Waals surface area contributed by atoms with E-state index >= 15 is 0 Å². The Morgan fingerprint density at radius 1 is 1.03 bits per heavy atom. The maximum atomic E-state index is 13.9. The van der Waals surface area contributed by atoms with Crippen LogP contribution in [0, 0.1) is 5.92 Å². The first-order chi connectivity index (χ1) is 19.0. The van der Waals surface area contributed by atoms with E-state index in [1.165, 1.54) is 0 Å². The number of benzene rings is 2. The molecular weight excluding hydrogens is 492 g/mol. The molecule has 2 aromatic carbocycles. The van der Waals surface area contributed by atoms with Crippen LogP contribution in [0.4, 0.5) is 0 Å². The van der Waals surface area contributed by atoms with Gasteiger partial charge in [0.1, 0.15) is 18.1 Å². The summed E-state index contributed by atoms with van der Waals surface area (Å²) in [5, 5.41) is 0. The van der Waals surface area contributed by atoms with Gasteiger partial charge in [0.2, 0.25) is 0 Å². The molecule has 3 aromatic rings. The standard InChI is InChI=1S/C31H40N4O4/c1-23(2)20-24-22-39-29-15-9-6-12-25(29)30(36)34(18-19-38-3)16-10-4-5-11-17-35(24)31(37)28-21-32-26-13-7-8-14-27(26)33-28/h6-9,12-15,21,23-24H,4-5,10-11,16-20,22H2,1-3H3/t24-/m0/s1. The summed E-state index contributed by atoms with van der Waals surface area (Å²) in [5.74, 6) is 0.690. The number of rotatable bonds is 6. The van der Waals surface area contributed by atoms with Crippen LogP contribution >= 0.6 is 0 Å². The zero-order chi connectivity index (χ0) is 27.6. The van der Waals surface area contributed by atoms with Gasteiger partial charge in [-0.2, -0.15) is 0 Å². The minimum atomic E-state index is -0.179. The molecule has 39 heavy (non-hydrogen) atoms. The lowest BCUT2D eigenvalue weighted by Gasteiger charge is -2.33. The predicted molar refractivity (Wildman–Crippen MR) is 152 cm³/mol. The van der Waals surface area contributed by atoms with Crippen LogP contribution in [0.5, 0.6) is 5.75 Å². The van der Waals surface area contributed by atoms with Gasteiger partial charge in [0.05, 0.1) is 35.4 Å². The summed E-state index contributed by atoms with van der Waals surface area (Å²) in [7, 11) is 1.65. The van der Waals surface area contributed by atoms with E-state index in [1.807, 2.05) is 58.3 Å². The fourth-order valence-electron chi connectivity index (χ4n) is 5.07. The highest BCUT2D eigenvalue weighted by Gasteiger charge is 2.28. The van der Waals surface area contributed by atoms with Crippen molar-refractivity contribution < 1.29 is 19.1 Å². The van der Waals surface area contributed by atoms with Gasteiger partial charge in [0.25, 0.3) is 11.8 Å². The minimum Gasteiger partial charge on any atom is -0.491 e. The molecule has 0 unspecified atom stereocenters. The van der Waals surface area contributed by atoms with Gasteiger partial charge in [-0.3, -0.25) is 14.6 Å². The number of amides is 2. The average molecular weight is 533 g/mol. The maximum Gasteiger partial charge on any atom is 0.274 e. The van der Waals surface area contributed by atoms with Crippen molar-refractivity contribution in [2.45, 2.75) is 52.0 Å². The number of hydrogen-bond acceptors (Lipinski definition) is 6. The maximum absolute atomic E-state index is 13.9. The lowest BCUT2D eigenvalue weighted by molar-refractivity contribution is 0.0556. The monoisotopic (exact) mass is 532 g/mol. The molecule has 4 rings (SSSR count). The first-order valence-electron chi connectivity index (χ1n) is 14.0. The molecule has 0 radical (unpaired) electrons. The van der Waals surface area contributed by atoms with Gasteiger partial charge in [0.15, 0.2) is 0 Å². The summed E-state index contributed by atoms with van der Waals surface area (Å²) in [6.07, 6.45) is 6.03. The summed E-state index contributed by atoms with van der Waals surface area (Å²) in [6.45, 7) is 6.87. The second kappa shape index (κ2) is 14.0. The highest BCUT2D eigenvalue weighted by atomic mass is 16.5. The van der Waals surface area contributed by atoms with Crippen molar-refractivity contribution in [3.05, 3.63) is 66.0 Å². The Hall–Kier alpha value is -3.52. The normalized spacial score (nSPS) is 17.5. The van der Waals surface area contributed by atoms with Gasteiger partial charge in [-0.25, -0.2) is 4.98 Å². The third kappa shape index (κ3) is 7.53. The van der Waals surface area contributed by atoms with Crippen LogP contribution in [0.3, 0.4) is 0 Å². The number of nitrogens with zero attached hydrogens (tertiary/aromatic N) is 4. The predicted octanol–water partition coefficient (Wildman–Crippen LogP) is 5.23. The molecule has 0 N–H and O–H groups in total. The van der Waals surface area contributed by atoms with Crippen LogP contribution in [-0.2, 0) is 4.74 Å². The zero-order valence-electron chi connectivity index (χ0n) is 23.3. The topological polar surface area (TPSA) is 84.9 Å². The number of fused-ring (bicyclic) bond motifs is 2. The molecule has 1 atom stereocenters. The second-order valence-corrected chi connectivity index (χ2v) is 10.5. The Labute approximate surface area is 231 Å². The van der Waals surface area contributed by atoms with E-state index in [1.54, 1.807) is 13.3 Å². The molecule has 0 spiro atoms. The lowest BCUT2D eigenvalue weighted by Crippen LogP contribution is -2.45. The lowest BCUT2D eigenvalue weighted by atomic mass is 10.0. The molecule has 0 saturated carbocycles. The van der Waals surface area contributed by atoms with Gasteiger partial charge in [-0.05, 0) is 49.4 Å².